The number of rotatable bonds is 5. The first-order chi connectivity index (χ1) is 15.8. The molecule has 170 valence electrons. The summed E-state index contributed by atoms with van der Waals surface area (Å²) in [6.07, 6.45) is 0.481. The van der Waals surface area contributed by atoms with Crippen molar-refractivity contribution in [3.8, 4) is 16.3 Å². The van der Waals surface area contributed by atoms with Crippen molar-refractivity contribution in [2.24, 2.45) is 0 Å². The number of fused-ring (bicyclic) bond motifs is 1. The van der Waals surface area contributed by atoms with E-state index in [1.165, 1.54) is 11.3 Å². The highest BCUT2D eigenvalue weighted by molar-refractivity contribution is 7.91. The fourth-order valence-electron chi connectivity index (χ4n) is 4.16. The van der Waals surface area contributed by atoms with Crippen LogP contribution in [0, 0.1) is 6.92 Å². The number of ether oxygens (including phenoxy) is 1. The molecule has 1 N–H and O–H groups in total. The quantitative estimate of drug-likeness (QED) is 0.460. The van der Waals surface area contributed by atoms with Crippen LogP contribution in [0.15, 0.2) is 47.8 Å². The van der Waals surface area contributed by atoms with Gasteiger partial charge < -0.3 is 10.1 Å². The molecule has 1 aliphatic heterocycles. The van der Waals surface area contributed by atoms with Crippen molar-refractivity contribution in [2.75, 3.05) is 23.9 Å². The molecule has 1 saturated heterocycles. The SMILES string of the molecule is COc1cccc(NC(=O)c2cc(-c3cccs3)nc3c2c(C)nn3[C@@H]2CCS(=O)(=O)C2)c1. The van der Waals surface area contributed by atoms with Gasteiger partial charge in [0.1, 0.15) is 5.75 Å². The number of nitrogens with zero attached hydrogens (tertiary/aromatic N) is 3. The van der Waals surface area contributed by atoms with Gasteiger partial charge in [0, 0.05) is 11.8 Å². The molecular weight excluding hydrogens is 460 g/mol. The number of nitrogens with one attached hydrogen (secondary N) is 1. The minimum absolute atomic E-state index is 0.0273. The van der Waals surface area contributed by atoms with Crippen molar-refractivity contribution >= 4 is 43.8 Å². The van der Waals surface area contributed by atoms with Crippen LogP contribution in [-0.2, 0) is 9.84 Å². The highest BCUT2D eigenvalue weighted by Crippen LogP contribution is 2.33. The number of hydrogen-bond acceptors (Lipinski definition) is 7. The van der Waals surface area contributed by atoms with E-state index in [1.54, 1.807) is 42.1 Å². The Morgan fingerprint density at radius 3 is 2.79 bits per heavy atom. The van der Waals surface area contributed by atoms with Crippen molar-refractivity contribution in [3.05, 3.63) is 59.1 Å². The van der Waals surface area contributed by atoms with Gasteiger partial charge in [-0.05, 0) is 43.0 Å². The summed E-state index contributed by atoms with van der Waals surface area (Å²) in [7, 11) is -1.54. The number of aryl methyl sites for hydroxylation is 1. The molecule has 1 aliphatic rings. The van der Waals surface area contributed by atoms with Crippen LogP contribution in [0.5, 0.6) is 5.75 Å². The molecule has 4 aromatic rings. The first kappa shape index (κ1) is 21.6. The van der Waals surface area contributed by atoms with Gasteiger partial charge in [0.05, 0.1) is 51.9 Å². The molecule has 0 bridgehead atoms. The maximum absolute atomic E-state index is 13.4. The molecule has 1 amide bonds. The van der Waals surface area contributed by atoms with Crippen LogP contribution in [0.2, 0.25) is 0 Å². The zero-order chi connectivity index (χ0) is 23.2. The maximum Gasteiger partial charge on any atom is 0.256 e. The van der Waals surface area contributed by atoms with Crippen LogP contribution in [0.25, 0.3) is 21.6 Å². The summed E-state index contributed by atoms with van der Waals surface area (Å²) in [5, 5.41) is 10.1. The second kappa shape index (κ2) is 8.27. The summed E-state index contributed by atoms with van der Waals surface area (Å²) in [6, 6.07) is 12.5. The van der Waals surface area contributed by atoms with Crippen LogP contribution in [0.1, 0.15) is 28.5 Å². The monoisotopic (exact) mass is 482 g/mol. The minimum atomic E-state index is -3.11. The standard InChI is InChI=1S/C23H22N4O4S2/c1-14-21-18(23(28)24-15-5-3-6-17(11-15)31-2)12-19(20-7-4-9-32-20)25-22(21)27(26-14)16-8-10-33(29,30)13-16/h3-7,9,11-12,16H,8,10,13H2,1-2H3,(H,24,28)/t16-/m1/s1. The van der Waals surface area contributed by atoms with Gasteiger partial charge in [-0.15, -0.1) is 11.3 Å². The van der Waals surface area contributed by atoms with E-state index in [0.29, 0.717) is 45.8 Å². The van der Waals surface area contributed by atoms with E-state index in [-0.39, 0.29) is 23.5 Å². The number of anilines is 1. The largest absolute Gasteiger partial charge is 0.497 e. The smallest absolute Gasteiger partial charge is 0.256 e. The predicted molar refractivity (Wildman–Crippen MR) is 129 cm³/mol. The zero-order valence-electron chi connectivity index (χ0n) is 18.1. The molecule has 0 radical (unpaired) electrons. The van der Waals surface area contributed by atoms with E-state index in [2.05, 4.69) is 10.4 Å². The maximum atomic E-state index is 13.4. The number of aromatic nitrogens is 3. The fourth-order valence-corrected chi connectivity index (χ4v) is 6.54. The predicted octanol–water partition coefficient (Wildman–Crippen LogP) is 4.09. The Labute approximate surface area is 195 Å². The molecule has 1 atom stereocenters. The number of hydrogen-bond donors (Lipinski definition) is 1. The summed E-state index contributed by atoms with van der Waals surface area (Å²) in [5.41, 5.74) is 2.85. The highest BCUT2D eigenvalue weighted by Gasteiger charge is 2.32. The molecule has 33 heavy (non-hydrogen) atoms. The first-order valence-electron chi connectivity index (χ1n) is 10.4. The Balaban J connectivity index is 1.64. The summed E-state index contributed by atoms with van der Waals surface area (Å²) in [5.74, 6) is 0.499. The summed E-state index contributed by atoms with van der Waals surface area (Å²) in [6.45, 7) is 1.82. The Morgan fingerprint density at radius 1 is 1.24 bits per heavy atom. The Kier molecular flexibility index (Phi) is 5.41. The first-order valence-corrected chi connectivity index (χ1v) is 13.1. The van der Waals surface area contributed by atoms with Gasteiger partial charge >= 0.3 is 0 Å². The van der Waals surface area contributed by atoms with Crippen LogP contribution >= 0.6 is 11.3 Å². The summed E-state index contributed by atoms with van der Waals surface area (Å²) < 4.78 is 31.2. The molecule has 1 fully saturated rings. The second-order valence-corrected chi connectivity index (χ2v) is 11.2. The van der Waals surface area contributed by atoms with Gasteiger partial charge in [0.2, 0.25) is 0 Å². The molecule has 1 aromatic carbocycles. The van der Waals surface area contributed by atoms with Crippen LogP contribution in [-0.4, -0.2) is 47.7 Å². The van der Waals surface area contributed by atoms with Gasteiger partial charge in [-0.3, -0.25) is 4.79 Å². The van der Waals surface area contributed by atoms with Crippen LogP contribution in [0.4, 0.5) is 5.69 Å². The average Bonchev–Trinajstić information content (AvgIpc) is 3.52. The highest BCUT2D eigenvalue weighted by atomic mass is 32.2. The average molecular weight is 483 g/mol. The fraction of sp³-hybridized carbons (Fsp3) is 0.261. The number of carbonyl (C=O) groups is 1. The number of carbonyl (C=O) groups excluding carboxylic acids is 1. The van der Waals surface area contributed by atoms with E-state index in [9.17, 15) is 13.2 Å². The number of sulfone groups is 1. The number of amides is 1. The van der Waals surface area contributed by atoms with E-state index >= 15 is 0 Å². The van der Waals surface area contributed by atoms with Crippen molar-refractivity contribution in [3.63, 3.8) is 0 Å². The Hall–Kier alpha value is -3.24. The second-order valence-electron chi connectivity index (χ2n) is 8.00. The van der Waals surface area contributed by atoms with E-state index < -0.39 is 9.84 Å². The molecule has 0 aliphatic carbocycles. The Bertz CT molecular complexity index is 1460. The summed E-state index contributed by atoms with van der Waals surface area (Å²) >= 11 is 1.52. The third-order valence-electron chi connectivity index (χ3n) is 5.74. The van der Waals surface area contributed by atoms with Gasteiger partial charge in [-0.1, -0.05) is 12.1 Å². The van der Waals surface area contributed by atoms with E-state index in [1.807, 2.05) is 24.4 Å². The normalized spacial score (nSPS) is 17.3. The number of pyridine rings is 1. The lowest BCUT2D eigenvalue weighted by atomic mass is 10.1. The molecular formula is C23H22N4O4S2. The van der Waals surface area contributed by atoms with Crippen molar-refractivity contribution in [1.29, 1.82) is 0 Å². The van der Waals surface area contributed by atoms with Crippen molar-refractivity contribution < 1.29 is 17.9 Å². The molecule has 8 nitrogen and oxygen atoms in total. The lowest BCUT2D eigenvalue weighted by Crippen LogP contribution is -2.15. The molecule has 10 heteroatoms. The van der Waals surface area contributed by atoms with Crippen molar-refractivity contribution in [2.45, 2.75) is 19.4 Å². The number of thiophene rings is 1. The summed E-state index contributed by atoms with van der Waals surface area (Å²) in [4.78, 5) is 19.2. The van der Waals surface area contributed by atoms with E-state index in [4.69, 9.17) is 9.72 Å². The van der Waals surface area contributed by atoms with Gasteiger partial charge in [0.15, 0.2) is 15.5 Å². The lowest BCUT2D eigenvalue weighted by molar-refractivity contribution is 0.102. The molecule has 0 unspecified atom stereocenters. The van der Waals surface area contributed by atoms with Gasteiger partial charge in [-0.2, -0.15) is 5.10 Å². The van der Waals surface area contributed by atoms with E-state index in [0.717, 1.165) is 4.88 Å². The van der Waals surface area contributed by atoms with Gasteiger partial charge in [0.25, 0.3) is 5.91 Å². The molecule has 5 rings (SSSR count). The number of methoxy groups -OCH3 is 1. The topological polar surface area (TPSA) is 103 Å². The van der Waals surface area contributed by atoms with Crippen molar-refractivity contribution in [1.82, 2.24) is 14.8 Å². The molecule has 0 spiro atoms. The number of benzene rings is 1. The zero-order valence-corrected chi connectivity index (χ0v) is 19.7. The van der Waals surface area contributed by atoms with Crippen LogP contribution < -0.4 is 10.1 Å². The molecule has 3 aromatic heterocycles. The molecule has 4 heterocycles. The minimum Gasteiger partial charge on any atom is -0.497 e. The Morgan fingerprint density at radius 2 is 2.09 bits per heavy atom. The van der Waals surface area contributed by atoms with Gasteiger partial charge in [-0.25, -0.2) is 18.1 Å². The third kappa shape index (κ3) is 4.11. The van der Waals surface area contributed by atoms with Crippen LogP contribution in [0.3, 0.4) is 0 Å². The molecule has 0 saturated carbocycles. The third-order valence-corrected chi connectivity index (χ3v) is 8.38. The lowest BCUT2D eigenvalue weighted by Gasteiger charge is -2.12.